The lowest BCUT2D eigenvalue weighted by Crippen LogP contribution is -2.54. The Hall–Kier alpha value is -3.06. The zero-order chi connectivity index (χ0) is 18.5. The van der Waals surface area contributed by atoms with Crippen molar-refractivity contribution in [2.24, 2.45) is 0 Å². The number of hydrogen-bond donors (Lipinski definition) is 2. The number of carbonyl (C=O) groups excluding carboxylic acids is 2. The van der Waals surface area contributed by atoms with Crippen molar-refractivity contribution < 1.29 is 19.1 Å². The highest BCUT2D eigenvalue weighted by molar-refractivity contribution is 5.98. The predicted octanol–water partition coefficient (Wildman–Crippen LogP) is 1.64. The zero-order valence-electron chi connectivity index (χ0n) is 14.5. The summed E-state index contributed by atoms with van der Waals surface area (Å²) in [7, 11) is 1.52. The Morgan fingerprint density at radius 1 is 1.31 bits per heavy atom. The number of rotatable bonds is 5. The lowest BCUT2D eigenvalue weighted by Gasteiger charge is -2.34. The summed E-state index contributed by atoms with van der Waals surface area (Å²) in [5.41, 5.74) is 7.78. The Morgan fingerprint density at radius 3 is 2.77 bits per heavy atom. The van der Waals surface area contributed by atoms with Crippen LogP contribution in [0, 0.1) is 0 Å². The minimum Gasteiger partial charge on any atom is -0.495 e. The Morgan fingerprint density at radius 2 is 2.08 bits per heavy atom. The smallest absolute Gasteiger partial charge is 0.249 e. The van der Waals surface area contributed by atoms with Gasteiger partial charge in [0.1, 0.15) is 18.4 Å². The van der Waals surface area contributed by atoms with Crippen LogP contribution in [0.3, 0.4) is 0 Å². The fourth-order valence-electron chi connectivity index (χ4n) is 2.84. The molecule has 1 fully saturated rings. The number of methoxy groups -OCH3 is 1. The summed E-state index contributed by atoms with van der Waals surface area (Å²) in [6.45, 7) is 0.480. The number of anilines is 2. The topological polar surface area (TPSA) is 93.9 Å². The molecule has 1 heterocycles. The van der Waals surface area contributed by atoms with Crippen molar-refractivity contribution in [1.82, 2.24) is 4.90 Å². The van der Waals surface area contributed by atoms with Gasteiger partial charge in [-0.1, -0.05) is 30.3 Å². The second-order valence-corrected chi connectivity index (χ2v) is 5.98. The van der Waals surface area contributed by atoms with E-state index in [1.54, 1.807) is 23.1 Å². The average molecular weight is 355 g/mol. The van der Waals surface area contributed by atoms with Crippen LogP contribution >= 0.6 is 0 Å². The third-order valence-corrected chi connectivity index (χ3v) is 4.19. The molecule has 136 valence electrons. The van der Waals surface area contributed by atoms with Crippen LogP contribution in [-0.4, -0.2) is 43.1 Å². The first-order valence-electron chi connectivity index (χ1n) is 8.24. The van der Waals surface area contributed by atoms with E-state index in [0.717, 1.165) is 5.56 Å². The maximum atomic E-state index is 12.7. The lowest BCUT2D eigenvalue weighted by atomic mass is 10.1. The van der Waals surface area contributed by atoms with Gasteiger partial charge in [0.05, 0.1) is 19.4 Å². The molecule has 0 aromatic heterocycles. The van der Waals surface area contributed by atoms with Gasteiger partial charge in [-0.25, -0.2) is 0 Å². The standard InChI is InChI=1S/C19H21N3O4/c1-25-17-8-7-14(9-15(17)20)21-19(24)16-11-26-12-18(23)22(16)10-13-5-3-2-4-6-13/h2-9,16H,10-12,20H2,1H3,(H,21,24)/t16-/m1/s1. The summed E-state index contributed by atoms with van der Waals surface area (Å²) in [5, 5.41) is 2.79. The number of carbonyl (C=O) groups is 2. The molecule has 1 saturated heterocycles. The number of nitrogens with two attached hydrogens (primary N) is 1. The van der Waals surface area contributed by atoms with E-state index in [2.05, 4.69) is 5.32 Å². The van der Waals surface area contributed by atoms with Crippen molar-refractivity contribution in [2.75, 3.05) is 31.4 Å². The first kappa shape index (κ1) is 17.8. The quantitative estimate of drug-likeness (QED) is 0.796. The average Bonchev–Trinajstić information content (AvgIpc) is 2.64. The molecule has 7 nitrogen and oxygen atoms in total. The van der Waals surface area contributed by atoms with Gasteiger partial charge < -0.3 is 25.4 Å². The maximum absolute atomic E-state index is 12.7. The zero-order valence-corrected chi connectivity index (χ0v) is 14.5. The normalized spacial score (nSPS) is 17.0. The molecule has 0 bridgehead atoms. The van der Waals surface area contributed by atoms with Crippen molar-refractivity contribution >= 4 is 23.2 Å². The van der Waals surface area contributed by atoms with E-state index in [1.165, 1.54) is 7.11 Å². The van der Waals surface area contributed by atoms with E-state index in [9.17, 15) is 9.59 Å². The number of benzene rings is 2. The van der Waals surface area contributed by atoms with E-state index in [-0.39, 0.29) is 25.0 Å². The second kappa shape index (κ2) is 7.88. The Kier molecular flexibility index (Phi) is 5.38. The molecule has 2 aromatic carbocycles. The maximum Gasteiger partial charge on any atom is 0.249 e. The van der Waals surface area contributed by atoms with Crippen molar-refractivity contribution in [3.63, 3.8) is 0 Å². The molecule has 2 aromatic rings. The second-order valence-electron chi connectivity index (χ2n) is 5.98. The third-order valence-electron chi connectivity index (χ3n) is 4.19. The number of nitrogens with one attached hydrogen (secondary N) is 1. The molecule has 3 N–H and O–H groups in total. The van der Waals surface area contributed by atoms with Crippen LogP contribution in [0.1, 0.15) is 5.56 Å². The SMILES string of the molecule is COc1ccc(NC(=O)[C@H]2COCC(=O)N2Cc2ccccc2)cc1N. The molecule has 3 rings (SSSR count). The molecule has 1 atom stereocenters. The van der Waals surface area contributed by atoms with Crippen LogP contribution in [-0.2, 0) is 20.9 Å². The minimum absolute atomic E-state index is 0.0217. The minimum atomic E-state index is -0.709. The van der Waals surface area contributed by atoms with Gasteiger partial charge in [-0.05, 0) is 23.8 Å². The molecule has 2 amide bonds. The molecular formula is C19H21N3O4. The first-order chi connectivity index (χ1) is 12.6. The molecule has 1 aliphatic heterocycles. The van der Waals surface area contributed by atoms with E-state index in [1.807, 2.05) is 30.3 Å². The number of amides is 2. The molecular weight excluding hydrogens is 334 g/mol. The van der Waals surface area contributed by atoms with E-state index >= 15 is 0 Å². The summed E-state index contributed by atoms with van der Waals surface area (Å²) in [6, 6.07) is 13.8. The van der Waals surface area contributed by atoms with Gasteiger partial charge in [0.15, 0.2) is 0 Å². The highest BCUT2D eigenvalue weighted by atomic mass is 16.5. The van der Waals surface area contributed by atoms with Crippen LogP contribution in [0.25, 0.3) is 0 Å². The fraction of sp³-hybridized carbons (Fsp3) is 0.263. The Balaban J connectivity index is 1.75. The van der Waals surface area contributed by atoms with Gasteiger partial charge in [0.25, 0.3) is 0 Å². The van der Waals surface area contributed by atoms with Gasteiger partial charge >= 0.3 is 0 Å². The first-order valence-corrected chi connectivity index (χ1v) is 8.24. The summed E-state index contributed by atoms with van der Waals surface area (Å²) in [6.07, 6.45) is 0. The molecule has 0 aliphatic carbocycles. The number of nitrogen functional groups attached to an aromatic ring is 1. The summed E-state index contributed by atoms with van der Waals surface area (Å²) in [4.78, 5) is 26.6. The van der Waals surface area contributed by atoms with Gasteiger partial charge in [-0.3, -0.25) is 9.59 Å². The molecule has 7 heteroatoms. The molecule has 0 saturated carbocycles. The van der Waals surface area contributed by atoms with E-state index in [4.69, 9.17) is 15.2 Å². The van der Waals surface area contributed by atoms with Crippen LogP contribution in [0.5, 0.6) is 5.75 Å². The van der Waals surface area contributed by atoms with Crippen molar-refractivity contribution in [2.45, 2.75) is 12.6 Å². The van der Waals surface area contributed by atoms with E-state index < -0.39 is 6.04 Å². The summed E-state index contributed by atoms with van der Waals surface area (Å²) >= 11 is 0. The highest BCUT2D eigenvalue weighted by Crippen LogP contribution is 2.25. The van der Waals surface area contributed by atoms with Crippen LogP contribution in [0.2, 0.25) is 0 Å². The van der Waals surface area contributed by atoms with Crippen LogP contribution < -0.4 is 15.8 Å². The number of nitrogens with zero attached hydrogens (tertiary/aromatic N) is 1. The Bertz CT molecular complexity index is 795. The van der Waals surface area contributed by atoms with Crippen molar-refractivity contribution in [3.05, 3.63) is 54.1 Å². The third kappa shape index (κ3) is 3.94. The monoisotopic (exact) mass is 355 g/mol. The highest BCUT2D eigenvalue weighted by Gasteiger charge is 2.34. The molecule has 0 radical (unpaired) electrons. The van der Waals surface area contributed by atoms with Gasteiger partial charge in [-0.15, -0.1) is 0 Å². The summed E-state index contributed by atoms with van der Waals surface area (Å²) in [5.74, 6) is -0.00192. The van der Waals surface area contributed by atoms with Crippen LogP contribution in [0.15, 0.2) is 48.5 Å². The summed E-state index contributed by atoms with van der Waals surface area (Å²) < 4.78 is 10.4. The Labute approximate surface area is 151 Å². The van der Waals surface area contributed by atoms with Gasteiger partial charge in [0, 0.05) is 12.2 Å². The number of hydrogen-bond acceptors (Lipinski definition) is 5. The van der Waals surface area contributed by atoms with Gasteiger partial charge in [-0.2, -0.15) is 0 Å². The largest absolute Gasteiger partial charge is 0.495 e. The molecule has 26 heavy (non-hydrogen) atoms. The van der Waals surface area contributed by atoms with Crippen molar-refractivity contribution in [3.8, 4) is 5.75 Å². The van der Waals surface area contributed by atoms with E-state index in [0.29, 0.717) is 23.7 Å². The van der Waals surface area contributed by atoms with Crippen molar-refractivity contribution in [1.29, 1.82) is 0 Å². The lowest BCUT2D eigenvalue weighted by molar-refractivity contribution is -0.154. The molecule has 0 spiro atoms. The fourth-order valence-corrected chi connectivity index (χ4v) is 2.84. The number of ether oxygens (including phenoxy) is 2. The van der Waals surface area contributed by atoms with Gasteiger partial charge in [0.2, 0.25) is 11.8 Å². The number of morpholine rings is 1. The molecule has 0 unspecified atom stereocenters. The predicted molar refractivity (Wildman–Crippen MR) is 97.6 cm³/mol. The van der Waals surface area contributed by atoms with Crippen LogP contribution in [0.4, 0.5) is 11.4 Å². The molecule has 1 aliphatic rings.